The lowest BCUT2D eigenvalue weighted by atomic mass is 10.2. The molecule has 0 radical (unpaired) electrons. The van der Waals surface area contributed by atoms with E-state index in [-0.39, 0.29) is 11.9 Å². The second kappa shape index (κ2) is 5.65. The van der Waals surface area contributed by atoms with Crippen LogP contribution in [0, 0.1) is 0 Å². The molecule has 4 nitrogen and oxygen atoms in total. The van der Waals surface area contributed by atoms with Gasteiger partial charge in [0.1, 0.15) is 0 Å². The van der Waals surface area contributed by atoms with Crippen molar-refractivity contribution in [1.82, 2.24) is 9.88 Å². The van der Waals surface area contributed by atoms with Gasteiger partial charge >= 0.3 is 0 Å². The van der Waals surface area contributed by atoms with Crippen molar-refractivity contribution in [2.24, 2.45) is 0 Å². The number of thiazole rings is 1. The predicted molar refractivity (Wildman–Crippen MR) is 69.1 cm³/mol. The molecule has 1 aliphatic heterocycles. The molecular weight excluding hydrogens is 242 g/mol. The van der Waals surface area contributed by atoms with Crippen LogP contribution in [0.4, 0.5) is 5.13 Å². The Balaban J connectivity index is 1.88. The molecule has 0 aliphatic carbocycles. The van der Waals surface area contributed by atoms with Gasteiger partial charge in [0.05, 0.1) is 6.04 Å². The number of nitrogens with one attached hydrogen (secondary N) is 1. The largest absolute Gasteiger partial charge is 0.301 e. The van der Waals surface area contributed by atoms with Gasteiger partial charge in [-0.1, -0.05) is 0 Å². The first-order valence-corrected chi connectivity index (χ1v) is 7.33. The van der Waals surface area contributed by atoms with Crippen molar-refractivity contribution in [3.63, 3.8) is 0 Å². The summed E-state index contributed by atoms with van der Waals surface area (Å²) in [4.78, 5) is 18.2. The maximum Gasteiger partial charge on any atom is 0.243 e. The molecule has 0 saturated carbocycles. The number of carbonyl (C=O) groups is 1. The summed E-state index contributed by atoms with van der Waals surface area (Å²) in [6, 6.07) is -0.0650. The number of aromatic nitrogens is 1. The minimum absolute atomic E-state index is 0.0434. The summed E-state index contributed by atoms with van der Waals surface area (Å²) in [5.41, 5.74) is 0. The Hall–Kier alpha value is -0.590. The lowest BCUT2D eigenvalue weighted by Crippen LogP contribution is -2.46. The van der Waals surface area contributed by atoms with E-state index < -0.39 is 0 Å². The van der Waals surface area contributed by atoms with Crippen LogP contribution in [0.1, 0.15) is 6.92 Å². The normalized spacial score (nSPS) is 19.3. The molecule has 1 aliphatic rings. The summed E-state index contributed by atoms with van der Waals surface area (Å²) in [6.07, 6.45) is 1.70. The molecule has 0 aromatic carbocycles. The van der Waals surface area contributed by atoms with Gasteiger partial charge in [-0.05, 0) is 6.92 Å². The van der Waals surface area contributed by atoms with Gasteiger partial charge in [0.2, 0.25) is 5.91 Å². The molecule has 1 saturated heterocycles. The Labute approximate surface area is 103 Å². The highest BCUT2D eigenvalue weighted by Gasteiger charge is 2.23. The molecule has 0 bridgehead atoms. The third-order valence-electron chi connectivity index (χ3n) is 2.64. The van der Waals surface area contributed by atoms with Gasteiger partial charge in [-0.3, -0.25) is 9.69 Å². The molecule has 16 heavy (non-hydrogen) atoms. The third-order valence-corrected chi connectivity index (χ3v) is 4.27. The zero-order valence-corrected chi connectivity index (χ0v) is 10.8. The summed E-state index contributed by atoms with van der Waals surface area (Å²) in [7, 11) is 0. The Morgan fingerprint density at radius 3 is 2.94 bits per heavy atom. The van der Waals surface area contributed by atoms with Crippen LogP contribution < -0.4 is 5.32 Å². The molecule has 1 fully saturated rings. The van der Waals surface area contributed by atoms with E-state index in [2.05, 4.69) is 15.2 Å². The maximum absolute atomic E-state index is 11.9. The monoisotopic (exact) mass is 257 g/mol. The molecule has 1 N–H and O–H groups in total. The van der Waals surface area contributed by atoms with Gasteiger partial charge in [-0.15, -0.1) is 11.3 Å². The first-order valence-electron chi connectivity index (χ1n) is 5.29. The lowest BCUT2D eigenvalue weighted by molar-refractivity contribution is -0.120. The van der Waals surface area contributed by atoms with E-state index in [1.165, 1.54) is 11.3 Å². The van der Waals surface area contributed by atoms with E-state index in [1.54, 1.807) is 6.20 Å². The second-order valence-electron chi connectivity index (χ2n) is 3.65. The van der Waals surface area contributed by atoms with Crippen molar-refractivity contribution in [1.29, 1.82) is 0 Å². The van der Waals surface area contributed by atoms with Crippen molar-refractivity contribution in [3.8, 4) is 0 Å². The van der Waals surface area contributed by atoms with Crippen molar-refractivity contribution in [2.45, 2.75) is 13.0 Å². The molecule has 88 valence electrons. The first kappa shape index (κ1) is 11.9. The fraction of sp³-hybridized carbons (Fsp3) is 0.600. The van der Waals surface area contributed by atoms with Gasteiger partial charge in [-0.2, -0.15) is 11.8 Å². The second-order valence-corrected chi connectivity index (χ2v) is 5.77. The van der Waals surface area contributed by atoms with Crippen molar-refractivity contribution >= 4 is 34.1 Å². The van der Waals surface area contributed by atoms with E-state index >= 15 is 0 Å². The summed E-state index contributed by atoms with van der Waals surface area (Å²) >= 11 is 3.40. The lowest BCUT2D eigenvalue weighted by Gasteiger charge is -2.30. The highest BCUT2D eigenvalue weighted by molar-refractivity contribution is 7.99. The Morgan fingerprint density at radius 2 is 2.31 bits per heavy atom. The molecule has 1 aromatic rings. The summed E-state index contributed by atoms with van der Waals surface area (Å²) < 4.78 is 0. The first-order chi connectivity index (χ1) is 7.77. The number of anilines is 1. The zero-order valence-electron chi connectivity index (χ0n) is 9.18. The Morgan fingerprint density at radius 1 is 1.56 bits per heavy atom. The quantitative estimate of drug-likeness (QED) is 0.892. The fourth-order valence-corrected chi connectivity index (χ4v) is 3.09. The number of carbonyl (C=O) groups excluding carboxylic acids is 1. The van der Waals surface area contributed by atoms with E-state index in [0.717, 1.165) is 24.6 Å². The van der Waals surface area contributed by atoms with Gasteiger partial charge < -0.3 is 5.32 Å². The maximum atomic E-state index is 11.9. The zero-order chi connectivity index (χ0) is 11.4. The molecule has 1 atom stereocenters. The van der Waals surface area contributed by atoms with E-state index in [4.69, 9.17) is 0 Å². The molecule has 2 rings (SSSR count). The molecule has 0 unspecified atom stereocenters. The van der Waals surface area contributed by atoms with Gasteiger partial charge in [-0.25, -0.2) is 4.98 Å². The standard InChI is InChI=1S/C10H15N3OS2/c1-8(13-3-6-15-7-4-13)9(14)12-10-11-2-5-16-10/h2,5,8H,3-4,6-7H2,1H3,(H,11,12,14)/t8-/m0/s1. The minimum Gasteiger partial charge on any atom is -0.301 e. The number of nitrogens with zero attached hydrogens (tertiary/aromatic N) is 2. The number of hydrogen-bond acceptors (Lipinski definition) is 5. The van der Waals surface area contributed by atoms with Crippen molar-refractivity contribution in [2.75, 3.05) is 29.9 Å². The summed E-state index contributed by atoms with van der Waals surface area (Å²) in [5, 5.41) is 5.38. The molecule has 1 aromatic heterocycles. The molecule has 0 spiro atoms. The Bertz CT molecular complexity index is 336. The van der Waals surface area contributed by atoms with Crippen LogP contribution in [0.2, 0.25) is 0 Å². The highest BCUT2D eigenvalue weighted by Crippen LogP contribution is 2.15. The van der Waals surface area contributed by atoms with Crippen LogP contribution in [-0.4, -0.2) is 46.4 Å². The van der Waals surface area contributed by atoms with E-state index in [9.17, 15) is 4.79 Å². The van der Waals surface area contributed by atoms with Crippen molar-refractivity contribution < 1.29 is 4.79 Å². The predicted octanol–water partition coefficient (Wildman–Crippen LogP) is 1.52. The number of rotatable bonds is 3. The highest BCUT2D eigenvalue weighted by atomic mass is 32.2. The van der Waals surface area contributed by atoms with E-state index in [1.807, 2.05) is 24.1 Å². The van der Waals surface area contributed by atoms with E-state index in [0.29, 0.717) is 5.13 Å². The van der Waals surface area contributed by atoms with Crippen LogP contribution >= 0.6 is 23.1 Å². The summed E-state index contributed by atoms with van der Waals surface area (Å²) in [5.74, 6) is 2.28. The van der Waals surface area contributed by atoms with Crippen LogP contribution in [0.15, 0.2) is 11.6 Å². The summed E-state index contributed by atoms with van der Waals surface area (Å²) in [6.45, 7) is 3.95. The number of hydrogen-bond donors (Lipinski definition) is 1. The number of amides is 1. The molecular formula is C10H15N3OS2. The van der Waals surface area contributed by atoms with Gasteiger partial charge in [0.15, 0.2) is 5.13 Å². The molecule has 1 amide bonds. The molecule has 6 heteroatoms. The third kappa shape index (κ3) is 2.96. The fourth-order valence-electron chi connectivity index (χ4n) is 1.63. The van der Waals surface area contributed by atoms with Crippen LogP contribution in [0.5, 0.6) is 0 Å². The van der Waals surface area contributed by atoms with Crippen molar-refractivity contribution in [3.05, 3.63) is 11.6 Å². The number of thioether (sulfide) groups is 1. The average molecular weight is 257 g/mol. The van der Waals surface area contributed by atoms with Gasteiger partial charge in [0.25, 0.3) is 0 Å². The Kier molecular flexibility index (Phi) is 4.20. The van der Waals surface area contributed by atoms with Gasteiger partial charge in [0, 0.05) is 36.2 Å². The average Bonchev–Trinajstić information content (AvgIpc) is 2.82. The van der Waals surface area contributed by atoms with Crippen LogP contribution in [0.3, 0.4) is 0 Å². The van der Waals surface area contributed by atoms with Crippen LogP contribution in [0.25, 0.3) is 0 Å². The SMILES string of the molecule is C[C@@H](C(=O)Nc1nccs1)N1CCSCC1. The van der Waals surface area contributed by atoms with Crippen LogP contribution in [-0.2, 0) is 4.79 Å². The minimum atomic E-state index is -0.0650. The smallest absolute Gasteiger partial charge is 0.243 e. The molecule has 2 heterocycles. The topological polar surface area (TPSA) is 45.2 Å².